The molecule has 1 atom stereocenters. The molecule has 1 heterocycles. The summed E-state index contributed by atoms with van der Waals surface area (Å²) in [6.07, 6.45) is 2.08. The summed E-state index contributed by atoms with van der Waals surface area (Å²) in [5.74, 6) is -0.0389. The maximum absolute atomic E-state index is 13.2. The molecule has 3 aromatic carbocycles. The molecule has 1 aliphatic heterocycles. The van der Waals surface area contributed by atoms with Gasteiger partial charge in [-0.3, -0.25) is 9.59 Å². The molecular weight excluding hydrogens is 396 g/mol. The van der Waals surface area contributed by atoms with Crippen molar-refractivity contribution < 1.29 is 9.59 Å². The van der Waals surface area contributed by atoms with E-state index in [0.29, 0.717) is 13.1 Å². The highest BCUT2D eigenvalue weighted by Crippen LogP contribution is 2.36. The van der Waals surface area contributed by atoms with Crippen molar-refractivity contribution in [3.8, 4) is 0 Å². The van der Waals surface area contributed by atoms with Crippen LogP contribution in [0.1, 0.15) is 46.7 Å². The van der Waals surface area contributed by atoms with Crippen LogP contribution in [0, 0.1) is 6.92 Å². The molecule has 1 unspecified atom stereocenters. The Kier molecular flexibility index (Phi) is 7.00. The molecular formula is C28H30N2O2. The van der Waals surface area contributed by atoms with Gasteiger partial charge in [-0.15, -0.1) is 0 Å². The number of carbonyl (C=O) groups excluding carboxylic acids is 2. The van der Waals surface area contributed by atoms with E-state index in [-0.39, 0.29) is 30.7 Å². The molecule has 0 radical (unpaired) electrons. The fourth-order valence-electron chi connectivity index (χ4n) is 4.56. The standard InChI is InChI=1S/C28H30N2O2/c1-21-9-8-14-25-24(21)18-20-30(28(25)23-12-6-3-7-13-23)27(32)16-15-26(31)29-19-17-22-10-4-2-5-11-22/h2-14,28H,15-20H2,1H3,(H,29,31). The first-order valence-electron chi connectivity index (χ1n) is 11.4. The van der Waals surface area contributed by atoms with Crippen LogP contribution in [0.2, 0.25) is 0 Å². The third kappa shape index (κ3) is 5.08. The van der Waals surface area contributed by atoms with Crippen molar-refractivity contribution in [2.45, 2.75) is 38.6 Å². The Bertz CT molecular complexity index is 1060. The smallest absolute Gasteiger partial charge is 0.223 e. The number of benzene rings is 3. The fourth-order valence-corrected chi connectivity index (χ4v) is 4.56. The summed E-state index contributed by atoms with van der Waals surface area (Å²) in [6.45, 7) is 3.39. The van der Waals surface area contributed by atoms with Crippen molar-refractivity contribution in [2.75, 3.05) is 13.1 Å². The molecule has 4 heteroatoms. The second-order valence-corrected chi connectivity index (χ2v) is 8.38. The Morgan fingerprint density at radius 1 is 0.906 bits per heavy atom. The van der Waals surface area contributed by atoms with Crippen molar-refractivity contribution in [1.29, 1.82) is 0 Å². The van der Waals surface area contributed by atoms with E-state index < -0.39 is 0 Å². The first-order valence-corrected chi connectivity index (χ1v) is 11.4. The van der Waals surface area contributed by atoms with Gasteiger partial charge in [-0.1, -0.05) is 78.9 Å². The van der Waals surface area contributed by atoms with Gasteiger partial charge in [0.2, 0.25) is 11.8 Å². The molecule has 4 nitrogen and oxygen atoms in total. The molecule has 4 rings (SSSR count). The van der Waals surface area contributed by atoms with Gasteiger partial charge in [0.1, 0.15) is 0 Å². The number of amides is 2. The van der Waals surface area contributed by atoms with E-state index in [2.05, 4.69) is 54.7 Å². The average molecular weight is 427 g/mol. The van der Waals surface area contributed by atoms with Crippen LogP contribution in [0.15, 0.2) is 78.9 Å². The number of hydrogen-bond donors (Lipinski definition) is 1. The van der Waals surface area contributed by atoms with E-state index >= 15 is 0 Å². The topological polar surface area (TPSA) is 49.4 Å². The average Bonchev–Trinajstić information content (AvgIpc) is 2.83. The minimum Gasteiger partial charge on any atom is -0.356 e. The summed E-state index contributed by atoms with van der Waals surface area (Å²) in [5, 5.41) is 2.95. The molecule has 32 heavy (non-hydrogen) atoms. The van der Waals surface area contributed by atoms with Gasteiger partial charge in [-0.25, -0.2) is 0 Å². The minimum atomic E-state index is -0.103. The predicted octanol–water partition coefficient (Wildman–Crippen LogP) is 4.61. The zero-order chi connectivity index (χ0) is 22.3. The lowest BCUT2D eigenvalue weighted by molar-refractivity contribution is -0.135. The highest BCUT2D eigenvalue weighted by Gasteiger charge is 2.32. The molecule has 0 bridgehead atoms. The van der Waals surface area contributed by atoms with E-state index in [0.717, 1.165) is 18.4 Å². The number of hydrogen-bond acceptors (Lipinski definition) is 2. The van der Waals surface area contributed by atoms with E-state index in [1.165, 1.54) is 22.3 Å². The van der Waals surface area contributed by atoms with Gasteiger partial charge >= 0.3 is 0 Å². The van der Waals surface area contributed by atoms with Crippen LogP contribution in [0.3, 0.4) is 0 Å². The third-order valence-corrected chi connectivity index (χ3v) is 6.24. The van der Waals surface area contributed by atoms with E-state index in [4.69, 9.17) is 0 Å². The second kappa shape index (κ2) is 10.3. The summed E-state index contributed by atoms with van der Waals surface area (Å²) in [6, 6.07) is 26.5. The summed E-state index contributed by atoms with van der Waals surface area (Å²) >= 11 is 0. The zero-order valence-corrected chi connectivity index (χ0v) is 18.6. The van der Waals surface area contributed by atoms with Crippen molar-refractivity contribution in [3.05, 3.63) is 107 Å². The van der Waals surface area contributed by atoms with Crippen molar-refractivity contribution in [2.24, 2.45) is 0 Å². The first-order chi connectivity index (χ1) is 15.6. The van der Waals surface area contributed by atoms with Crippen LogP contribution in [0.4, 0.5) is 0 Å². The quantitative estimate of drug-likeness (QED) is 0.600. The van der Waals surface area contributed by atoms with Crippen LogP contribution >= 0.6 is 0 Å². The Hall–Kier alpha value is -3.40. The molecule has 3 aromatic rings. The van der Waals surface area contributed by atoms with Crippen molar-refractivity contribution in [1.82, 2.24) is 10.2 Å². The van der Waals surface area contributed by atoms with Gasteiger partial charge in [0.05, 0.1) is 6.04 Å². The Balaban J connectivity index is 1.40. The monoisotopic (exact) mass is 426 g/mol. The Morgan fingerprint density at radius 2 is 1.62 bits per heavy atom. The lowest BCUT2D eigenvalue weighted by Crippen LogP contribution is -2.41. The summed E-state index contributed by atoms with van der Waals surface area (Å²) in [7, 11) is 0. The maximum Gasteiger partial charge on any atom is 0.223 e. The van der Waals surface area contributed by atoms with Crippen molar-refractivity contribution >= 4 is 11.8 Å². The van der Waals surface area contributed by atoms with E-state index in [9.17, 15) is 9.59 Å². The van der Waals surface area contributed by atoms with Gasteiger partial charge < -0.3 is 10.2 Å². The number of rotatable bonds is 7. The Labute approximate surface area is 190 Å². The van der Waals surface area contributed by atoms with Crippen LogP contribution in [0.25, 0.3) is 0 Å². The number of nitrogens with one attached hydrogen (secondary N) is 1. The summed E-state index contributed by atoms with van der Waals surface area (Å²) in [5.41, 5.74) is 6.11. The summed E-state index contributed by atoms with van der Waals surface area (Å²) < 4.78 is 0. The van der Waals surface area contributed by atoms with Gasteiger partial charge in [-0.2, -0.15) is 0 Å². The lowest BCUT2D eigenvalue weighted by Gasteiger charge is -2.38. The zero-order valence-electron chi connectivity index (χ0n) is 18.6. The molecule has 1 N–H and O–H groups in total. The molecule has 0 saturated carbocycles. The number of carbonyl (C=O) groups is 2. The SMILES string of the molecule is Cc1cccc2c1CCN(C(=O)CCC(=O)NCCc1ccccc1)C2c1ccccc1. The van der Waals surface area contributed by atoms with E-state index in [1.807, 2.05) is 41.3 Å². The van der Waals surface area contributed by atoms with Gasteiger partial charge in [0.25, 0.3) is 0 Å². The molecule has 0 aliphatic carbocycles. The normalized spacial score (nSPS) is 15.2. The highest BCUT2D eigenvalue weighted by molar-refractivity contribution is 5.84. The molecule has 2 amide bonds. The van der Waals surface area contributed by atoms with Crippen LogP contribution in [-0.2, 0) is 22.4 Å². The molecule has 0 saturated heterocycles. The highest BCUT2D eigenvalue weighted by atomic mass is 16.2. The maximum atomic E-state index is 13.2. The lowest BCUT2D eigenvalue weighted by atomic mass is 9.85. The predicted molar refractivity (Wildman–Crippen MR) is 127 cm³/mol. The van der Waals surface area contributed by atoms with Gasteiger partial charge in [0, 0.05) is 25.9 Å². The first kappa shape index (κ1) is 21.8. The molecule has 164 valence electrons. The summed E-state index contributed by atoms with van der Waals surface area (Å²) in [4.78, 5) is 27.5. The van der Waals surface area contributed by atoms with E-state index in [1.54, 1.807) is 0 Å². The fraction of sp³-hybridized carbons (Fsp3) is 0.286. The van der Waals surface area contributed by atoms with Crippen LogP contribution in [0.5, 0.6) is 0 Å². The molecule has 1 aliphatic rings. The second-order valence-electron chi connectivity index (χ2n) is 8.38. The Morgan fingerprint density at radius 3 is 2.38 bits per heavy atom. The third-order valence-electron chi connectivity index (χ3n) is 6.24. The van der Waals surface area contributed by atoms with Gasteiger partial charge in [-0.05, 0) is 47.6 Å². The number of nitrogens with zero attached hydrogens (tertiary/aromatic N) is 1. The molecule has 0 aromatic heterocycles. The largest absolute Gasteiger partial charge is 0.356 e. The van der Waals surface area contributed by atoms with Gasteiger partial charge in [0.15, 0.2) is 0 Å². The van der Waals surface area contributed by atoms with Crippen molar-refractivity contribution in [3.63, 3.8) is 0 Å². The molecule has 0 fully saturated rings. The minimum absolute atomic E-state index is 0.0317. The molecule has 0 spiro atoms. The number of fused-ring (bicyclic) bond motifs is 1. The number of aryl methyl sites for hydroxylation is 1. The van der Waals surface area contributed by atoms with Crippen LogP contribution < -0.4 is 5.32 Å². The van der Waals surface area contributed by atoms with Crippen LogP contribution in [-0.4, -0.2) is 29.8 Å².